The molecular formula is C11H12ClFN4. The van der Waals surface area contributed by atoms with Crippen molar-refractivity contribution in [2.45, 2.75) is 6.92 Å². The van der Waals surface area contributed by atoms with E-state index in [9.17, 15) is 4.39 Å². The lowest BCUT2D eigenvalue weighted by atomic mass is 10.3. The third kappa shape index (κ3) is 2.19. The van der Waals surface area contributed by atoms with E-state index in [0.29, 0.717) is 22.2 Å². The van der Waals surface area contributed by atoms with Gasteiger partial charge in [-0.3, -0.25) is 4.68 Å². The molecule has 0 aliphatic heterocycles. The molecule has 17 heavy (non-hydrogen) atoms. The molecule has 0 atom stereocenters. The molecule has 0 amide bonds. The van der Waals surface area contributed by atoms with E-state index >= 15 is 0 Å². The number of hydrogen-bond donors (Lipinski definition) is 2. The van der Waals surface area contributed by atoms with E-state index in [2.05, 4.69) is 10.4 Å². The van der Waals surface area contributed by atoms with Gasteiger partial charge in [0.1, 0.15) is 5.82 Å². The molecular weight excluding hydrogens is 243 g/mol. The van der Waals surface area contributed by atoms with Crippen molar-refractivity contribution >= 4 is 28.8 Å². The topological polar surface area (TPSA) is 55.9 Å². The summed E-state index contributed by atoms with van der Waals surface area (Å²) in [6, 6.07) is 4.28. The number of halogens is 2. The van der Waals surface area contributed by atoms with E-state index in [1.807, 2.05) is 0 Å². The summed E-state index contributed by atoms with van der Waals surface area (Å²) in [7, 11) is 1.73. The Hall–Kier alpha value is -1.75. The van der Waals surface area contributed by atoms with E-state index in [-0.39, 0.29) is 5.69 Å². The van der Waals surface area contributed by atoms with E-state index in [0.717, 1.165) is 0 Å². The fourth-order valence-electron chi connectivity index (χ4n) is 1.54. The Balaban J connectivity index is 2.41. The maximum absolute atomic E-state index is 13.5. The number of aryl methyl sites for hydroxylation is 2. The fourth-order valence-corrected chi connectivity index (χ4v) is 1.72. The molecule has 0 bridgehead atoms. The second kappa shape index (κ2) is 4.25. The highest BCUT2D eigenvalue weighted by molar-refractivity contribution is 6.30. The summed E-state index contributed by atoms with van der Waals surface area (Å²) in [4.78, 5) is 0. The van der Waals surface area contributed by atoms with Crippen molar-refractivity contribution in [3.63, 3.8) is 0 Å². The van der Waals surface area contributed by atoms with Gasteiger partial charge in [-0.05, 0) is 25.1 Å². The van der Waals surface area contributed by atoms with E-state index in [4.69, 9.17) is 17.3 Å². The first-order valence-electron chi connectivity index (χ1n) is 5.00. The maximum atomic E-state index is 13.5. The quantitative estimate of drug-likeness (QED) is 0.866. The largest absolute Gasteiger partial charge is 0.394 e. The monoisotopic (exact) mass is 254 g/mol. The highest BCUT2D eigenvalue weighted by Crippen LogP contribution is 2.28. The van der Waals surface area contributed by atoms with Crippen molar-refractivity contribution in [2.24, 2.45) is 7.05 Å². The molecule has 3 N–H and O–H groups in total. The van der Waals surface area contributed by atoms with Crippen LogP contribution in [0.5, 0.6) is 0 Å². The number of anilines is 3. The van der Waals surface area contributed by atoms with Gasteiger partial charge >= 0.3 is 0 Å². The molecule has 0 fully saturated rings. The molecule has 0 spiro atoms. The van der Waals surface area contributed by atoms with Crippen LogP contribution in [-0.2, 0) is 7.05 Å². The second-order valence-corrected chi connectivity index (χ2v) is 4.16. The SMILES string of the molecule is Cc1nn(C)c(Nc2cc(Cl)ccc2F)c1N. The first kappa shape index (κ1) is 11.7. The number of nitrogens with one attached hydrogen (secondary N) is 1. The standard InChI is InChI=1S/C11H12ClFN4/c1-6-10(14)11(17(2)16-6)15-9-5-7(12)3-4-8(9)13/h3-5,15H,14H2,1-2H3. The van der Waals surface area contributed by atoms with Gasteiger partial charge in [0.2, 0.25) is 0 Å². The first-order valence-corrected chi connectivity index (χ1v) is 5.38. The van der Waals surface area contributed by atoms with Crippen molar-refractivity contribution in [1.29, 1.82) is 0 Å². The predicted molar refractivity (Wildman–Crippen MR) is 67.1 cm³/mol. The molecule has 4 nitrogen and oxygen atoms in total. The van der Waals surface area contributed by atoms with E-state index < -0.39 is 5.82 Å². The molecule has 1 heterocycles. The molecule has 6 heteroatoms. The Morgan fingerprint density at radius 2 is 2.18 bits per heavy atom. The summed E-state index contributed by atoms with van der Waals surface area (Å²) in [5, 5.41) is 7.47. The molecule has 2 aromatic rings. The maximum Gasteiger partial charge on any atom is 0.152 e. The minimum absolute atomic E-state index is 0.271. The predicted octanol–water partition coefficient (Wildman–Crippen LogP) is 2.85. The molecule has 2 rings (SSSR count). The van der Waals surface area contributed by atoms with Crippen LogP contribution >= 0.6 is 11.6 Å². The molecule has 0 saturated carbocycles. The van der Waals surface area contributed by atoms with Crippen LogP contribution in [0.4, 0.5) is 21.6 Å². The summed E-state index contributed by atoms with van der Waals surface area (Å²) in [6.45, 7) is 1.79. The molecule has 0 aliphatic carbocycles. The van der Waals surface area contributed by atoms with Crippen LogP contribution in [0, 0.1) is 12.7 Å². The van der Waals surface area contributed by atoms with Crippen LogP contribution in [0.2, 0.25) is 5.02 Å². The van der Waals surface area contributed by atoms with Gasteiger partial charge in [-0.2, -0.15) is 5.10 Å². The normalized spacial score (nSPS) is 10.6. The smallest absolute Gasteiger partial charge is 0.152 e. The zero-order valence-corrected chi connectivity index (χ0v) is 10.2. The molecule has 0 aliphatic rings. The Morgan fingerprint density at radius 3 is 2.76 bits per heavy atom. The number of nitrogens with two attached hydrogens (primary N) is 1. The van der Waals surface area contributed by atoms with Crippen molar-refractivity contribution in [3.05, 3.63) is 34.7 Å². The lowest BCUT2D eigenvalue weighted by molar-refractivity contribution is 0.631. The molecule has 1 aromatic heterocycles. The Kier molecular flexibility index (Phi) is 2.93. The van der Waals surface area contributed by atoms with Crippen LogP contribution in [0.1, 0.15) is 5.69 Å². The summed E-state index contributed by atoms with van der Waals surface area (Å²) in [5.74, 6) is 0.149. The average molecular weight is 255 g/mol. The summed E-state index contributed by atoms with van der Waals surface area (Å²) < 4.78 is 15.1. The van der Waals surface area contributed by atoms with Gasteiger partial charge in [0.15, 0.2) is 5.82 Å². The highest BCUT2D eigenvalue weighted by Gasteiger charge is 2.12. The van der Waals surface area contributed by atoms with Crippen LogP contribution < -0.4 is 11.1 Å². The number of rotatable bonds is 2. The lowest BCUT2D eigenvalue weighted by Crippen LogP contribution is -2.02. The van der Waals surface area contributed by atoms with Gasteiger partial charge in [-0.25, -0.2) is 4.39 Å². The number of nitrogen functional groups attached to an aromatic ring is 1. The van der Waals surface area contributed by atoms with Gasteiger partial charge < -0.3 is 11.1 Å². The minimum Gasteiger partial charge on any atom is -0.394 e. The second-order valence-electron chi connectivity index (χ2n) is 3.72. The third-order valence-corrected chi connectivity index (χ3v) is 2.69. The average Bonchev–Trinajstić information content (AvgIpc) is 2.50. The Morgan fingerprint density at radius 1 is 1.47 bits per heavy atom. The van der Waals surface area contributed by atoms with Gasteiger partial charge in [0.25, 0.3) is 0 Å². The van der Waals surface area contributed by atoms with Gasteiger partial charge in [-0.15, -0.1) is 0 Å². The zero-order chi connectivity index (χ0) is 12.6. The number of hydrogen-bond acceptors (Lipinski definition) is 3. The van der Waals surface area contributed by atoms with Crippen LogP contribution in [0.25, 0.3) is 0 Å². The zero-order valence-electron chi connectivity index (χ0n) is 9.46. The number of benzene rings is 1. The van der Waals surface area contributed by atoms with Crippen molar-refractivity contribution in [2.75, 3.05) is 11.1 Å². The molecule has 0 saturated heterocycles. The number of aromatic nitrogens is 2. The van der Waals surface area contributed by atoms with Crippen LogP contribution in [-0.4, -0.2) is 9.78 Å². The van der Waals surface area contributed by atoms with Gasteiger partial charge in [0, 0.05) is 12.1 Å². The Bertz CT molecular complexity index is 565. The molecule has 0 unspecified atom stereocenters. The van der Waals surface area contributed by atoms with Crippen LogP contribution in [0.3, 0.4) is 0 Å². The Labute approximate surface area is 103 Å². The highest BCUT2D eigenvalue weighted by atomic mass is 35.5. The van der Waals surface area contributed by atoms with Gasteiger partial charge in [-0.1, -0.05) is 11.6 Å². The first-order chi connectivity index (χ1) is 7.99. The van der Waals surface area contributed by atoms with Gasteiger partial charge in [0.05, 0.1) is 17.1 Å². The minimum atomic E-state index is -0.396. The van der Waals surface area contributed by atoms with Crippen molar-refractivity contribution < 1.29 is 4.39 Å². The lowest BCUT2D eigenvalue weighted by Gasteiger charge is -2.09. The van der Waals surface area contributed by atoms with Crippen molar-refractivity contribution in [1.82, 2.24) is 9.78 Å². The third-order valence-electron chi connectivity index (χ3n) is 2.45. The fraction of sp³-hybridized carbons (Fsp3) is 0.182. The van der Waals surface area contributed by atoms with E-state index in [1.54, 1.807) is 18.7 Å². The summed E-state index contributed by atoms with van der Waals surface area (Å²) >= 11 is 5.81. The molecule has 0 radical (unpaired) electrons. The summed E-state index contributed by atoms with van der Waals surface area (Å²) in [5.41, 5.74) is 7.29. The van der Waals surface area contributed by atoms with E-state index in [1.165, 1.54) is 18.2 Å². The van der Waals surface area contributed by atoms with Crippen LogP contribution in [0.15, 0.2) is 18.2 Å². The summed E-state index contributed by atoms with van der Waals surface area (Å²) in [6.07, 6.45) is 0. The van der Waals surface area contributed by atoms with Crippen molar-refractivity contribution in [3.8, 4) is 0 Å². The molecule has 90 valence electrons. The number of nitrogens with zero attached hydrogens (tertiary/aromatic N) is 2. The molecule has 1 aromatic carbocycles.